The van der Waals surface area contributed by atoms with Crippen molar-refractivity contribution in [2.45, 2.75) is 0 Å². The van der Waals surface area contributed by atoms with Gasteiger partial charge in [0.2, 0.25) is 0 Å². The maximum atomic E-state index is 10.6. The van der Waals surface area contributed by atoms with Gasteiger partial charge >= 0.3 is 6.03 Å². The molecular weight excluding hydrogens is 214 g/mol. The van der Waals surface area contributed by atoms with E-state index in [1.165, 1.54) is 0 Å². The van der Waals surface area contributed by atoms with Crippen molar-refractivity contribution in [3.8, 4) is 0 Å². The highest BCUT2D eigenvalue weighted by atomic mass is 16.2. The van der Waals surface area contributed by atoms with Gasteiger partial charge in [-0.3, -0.25) is 10.9 Å². The topological polar surface area (TPSA) is 67.2 Å². The molecule has 0 radical (unpaired) electrons. The summed E-state index contributed by atoms with van der Waals surface area (Å²) in [7, 11) is 0. The molecule has 2 amide bonds. The molecule has 0 saturated carbocycles. The van der Waals surface area contributed by atoms with Crippen LogP contribution in [-0.2, 0) is 0 Å². The van der Waals surface area contributed by atoms with E-state index in [2.05, 4.69) is 17.4 Å². The van der Waals surface area contributed by atoms with E-state index in [-0.39, 0.29) is 0 Å². The second-order valence-corrected chi connectivity index (χ2v) is 3.65. The first-order valence-corrected chi connectivity index (χ1v) is 5.16. The van der Waals surface area contributed by atoms with E-state index >= 15 is 0 Å². The Kier molecular flexibility index (Phi) is 2.96. The van der Waals surface area contributed by atoms with Crippen LogP contribution in [0.5, 0.6) is 0 Å². The molecule has 0 bridgehead atoms. The van der Waals surface area contributed by atoms with Crippen molar-refractivity contribution in [2.75, 3.05) is 0 Å². The van der Waals surface area contributed by atoms with Crippen LogP contribution in [0.25, 0.3) is 16.5 Å². The predicted molar refractivity (Wildman–Crippen MR) is 68.8 cm³/mol. The molecule has 0 aliphatic carbocycles. The summed E-state index contributed by atoms with van der Waals surface area (Å²) in [5.41, 5.74) is 11.4. The molecule has 86 valence electrons. The molecule has 2 aromatic rings. The van der Waals surface area contributed by atoms with Crippen LogP contribution < -0.4 is 16.6 Å². The summed E-state index contributed by atoms with van der Waals surface area (Å²) in [6.45, 7) is 3.82. The highest BCUT2D eigenvalue weighted by Crippen LogP contribution is 2.18. The zero-order valence-corrected chi connectivity index (χ0v) is 9.23. The molecule has 4 nitrogen and oxygen atoms in total. The number of hydrazine groups is 1. The van der Waals surface area contributed by atoms with Crippen LogP contribution in [0.15, 0.2) is 49.0 Å². The molecule has 4 N–H and O–H groups in total. The summed E-state index contributed by atoms with van der Waals surface area (Å²) in [5, 5.41) is 2.28. The minimum Gasteiger partial charge on any atom is -0.350 e. The number of urea groups is 1. The number of carbonyl (C=O) groups excluding carboxylic acids is 1. The first-order valence-electron chi connectivity index (χ1n) is 5.16. The molecule has 2 rings (SSSR count). The summed E-state index contributed by atoms with van der Waals surface area (Å²) < 4.78 is 0. The molecule has 0 spiro atoms. The van der Waals surface area contributed by atoms with Gasteiger partial charge in [0, 0.05) is 0 Å². The van der Waals surface area contributed by atoms with E-state index in [1.54, 1.807) is 0 Å². The SMILES string of the molecule is C=C(NNC(N)=O)c1ccc2ccccc2c1. The van der Waals surface area contributed by atoms with Gasteiger partial charge in [-0.1, -0.05) is 43.0 Å². The van der Waals surface area contributed by atoms with Crippen LogP contribution >= 0.6 is 0 Å². The Balaban J connectivity index is 2.24. The van der Waals surface area contributed by atoms with Crippen LogP contribution in [-0.4, -0.2) is 6.03 Å². The number of fused-ring (bicyclic) bond motifs is 1. The Morgan fingerprint density at radius 1 is 1.06 bits per heavy atom. The molecule has 0 aromatic heterocycles. The summed E-state index contributed by atoms with van der Waals surface area (Å²) >= 11 is 0. The molecule has 0 fully saturated rings. The van der Waals surface area contributed by atoms with Gasteiger partial charge in [0.15, 0.2) is 0 Å². The fraction of sp³-hybridized carbons (Fsp3) is 0. The number of hydrogen-bond acceptors (Lipinski definition) is 2. The molecule has 17 heavy (non-hydrogen) atoms. The lowest BCUT2D eigenvalue weighted by Crippen LogP contribution is -2.39. The van der Waals surface area contributed by atoms with Crippen LogP contribution in [0, 0.1) is 0 Å². The first kappa shape index (κ1) is 11.0. The summed E-state index contributed by atoms with van der Waals surface area (Å²) in [5.74, 6) is 0. The molecule has 0 heterocycles. The van der Waals surface area contributed by atoms with Crippen LogP contribution in [0.1, 0.15) is 5.56 Å². The molecule has 0 saturated heterocycles. The van der Waals surface area contributed by atoms with Crippen molar-refractivity contribution in [1.29, 1.82) is 0 Å². The molecule has 0 aliphatic rings. The fourth-order valence-electron chi connectivity index (χ4n) is 1.59. The minimum atomic E-state index is -0.646. The number of hydrogen-bond donors (Lipinski definition) is 3. The van der Waals surface area contributed by atoms with Crippen molar-refractivity contribution < 1.29 is 4.79 Å². The highest BCUT2D eigenvalue weighted by Gasteiger charge is 2.00. The van der Waals surface area contributed by atoms with Gasteiger partial charge in [0.25, 0.3) is 0 Å². The van der Waals surface area contributed by atoms with E-state index in [1.807, 2.05) is 42.5 Å². The predicted octanol–water partition coefficient (Wildman–Crippen LogP) is 1.98. The minimum absolute atomic E-state index is 0.592. The standard InChI is InChI=1S/C13H13N3O/c1-9(15-16-13(14)17)11-7-6-10-4-2-3-5-12(10)8-11/h2-8,15H,1H2,(H3,14,16,17). The Labute approximate surface area is 99.1 Å². The first-order chi connectivity index (χ1) is 8.16. The third-order valence-electron chi connectivity index (χ3n) is 2.43. The third-order valence-corrected chi connectivity index (χ3v) is 2.43. The lowest BCUT2D eigenvalue weighted by atomic mass is 10.1. The van der Waals surface area contributed by atoms with Crippen molar-refractivity contribution in [3.63, 3.8) is 0 Å². The van der Waals surface area contributed by atoms with Crippen LogP contribution in [0.2, 0.25) is 0 Å². The lowest BCUT2D eigenvalue weighted by molar-refractivity contribution is 0.247. The van der Waals surface area contributed by atoms with E-state index in [0.29, 0.717) is 5.70 Å². The average molecular weight is 227 g/mol. The zero-order valence-electron chi connectivity index (χ0n) is 9.23. The van der Waals surface area contributed by atoms with Gasteiger partial charge in [-0.15, -0.1) is 0 Å². The van der Waals surface area contributed by atoms with Gasteiger partial charge in [0.1, 0.15) is 0 Å². The van der Waals surface area contributed by atoms with Crippen LogP contribution in [0.4, 0.5) is 4.79 Å². The number of rotatable bonds is 3. The molecule has 0 atom stereocenters. The van der Waals surface area contributed by atoms with Crippen molar-refractivity contribution >= 4 is 22.5 Å². The second kappa shape index (κ2) is 4.57. The smallest absolute Gasteiger partial charge is 0.330 e. The fourth-order valence-corrected chi connectivity index (χ4v) is 1.59. The van der Waals surface area contributed by atoms with E-state index in [9.17, 15) is 4.79 Å². The van der Waals surface area contributed by atoms with Gasteiger partial charge in [0.05, 0.1) is 5.70 Å². The maximum Gasteiger partial charge on any atom is 0.330 e. The largest absolute Gasteiger partial charge is 0.350 e. The number of primary amides is 1. The summed E-state index contributed by atoms with van der Waals surface area (Å²) in [6.07, 6.45) is 0. The van der Waals surface area contributed by atoms with Crippen molar-refractivity contribution in [2.24, 2.45) is 5.73 Å². The van der Waals surface area contributed by atoms with E-state index in [0.717, 1.165) is 16.3 Å². The Hall–Kier alpha value is -2.49. The van der Waals surface area contributed by atoms with Gasteiger partial charge < -0.3 is 5.73 Å². The van der Waals surface area contributed by atoms with Crippen molar-refractivity contribution in [1.82, 2.24) is 10.9 Å². The summed E-state index contributed by atoms with van der Waals surface area (Å²) in [4.78, 5) is 10.6. The lowest BCUT2D eigenvalue weighted by Gasteiger charge is -2.10. The Morgan fingerprint density at radius 3 is 2.47 bits per heavy atom. The Morgan fingerprint density at radius 2 is 1.76 bits per heavy atom. The Bertz CT molecular complexity index is 578. The number of amides is 2. The number of benzene rings is 2. The maximum absolute atomic E-state index is 10.6. The molecule has 0 aliphatic heterocycles. The number of carbonyl (C=O) groups is 1. The highest BCUT2D eigenvalue weighted by molar-refractivity contribution is 5.86. The normalized spacial score (nSPS) is 9.88. The monoisotopic (exact) mass is 227 g/mol. The zero-order chi connectivity index (χ0) is 12.3. The average Bonchev–Trinajstić information content (AvgIpc) is 2.35. The quantitative estimate of drug-likeness (QED) is 0.702. The molecular formula is C13H13N3O. The molecule has 2 aromatic carbocycles. The third kappa shape index (κ3) is 2.55. The molecule has 0 unspecified atom stereocenters. The van der Waals surface area contributed by atoms with Crippen LogP contribution in [0.3, 0.4) is 0 Å². The van der Waals surface area contributed by atoms with E-state index < -0.39 is 6.03 Å². The van der Waals surface area contributed by atoms with Gasteiger partial charge in [-0.05, 0) is 22.4 Å². The summed E-state index contributed by atoms with van der Waals surface area (Å²) in [6, 6.07) is 13.3. The molecule has 4 heteroatoms. The second-order valence-electron chi connectivity index (χ2n) is 3.65. The van der Waals surface area contributed by atoms with Gasteiger partial charge in [-0.2, -0.15) is 0 Å². The number of nitrogens with one attached hydrogen (secondary N) is 2. The van der Waals surface area contributed by atoms with Gasteiger partial charge in [-0.25, -0.2) is 4.79 Å². The van der Waals surface area contributed by atoms with E-state index in [4.69, 9.17) is 5.73 Å². The van der Waals surface area contributed by atoms with Crippen molar-refractivity contribution in [3.05, 3.63) is 54.6 Å². The number of nitrogens with two attached hydrogens (primary N) is 1.